The van der Waals surface area contributed by atoms with Crippen LogP contribution >= 0.6 is 0 Å². The Morgan fingerprint density at radius 3 is 2.21 bits per heavy atom. The van der Waals surface area contributed by atoms with Gasteiger partial charge >= 0.3 is 5.97 Å². The molecule has 3 unspecified atom stereocenters. The summed E-state index contributed by atoms with van der Waals surface area (Å²) in [5.74, 6) is 1.24. The summed E-state index contributed by atoms with van der Waals surface area (Å²) >= 11 is 0. The highest BCUT2D eigenvalue weighted by molar-refractivity contribution is 5.81. The number of hydrogen-bond donors (Lipinski definition) is 2. The van der Waals surface area contributed by atoms with Crippen molar-refractivity contribution < 1.29 is 14.3 Å². The molecule has 2 aliphatic rings. The standard InChI is InChI=1S/C8H14N2O.C6H12O2/c1-8(2)4-3-10-6(5(4)8)7(9)11;1-5(2)4-8-6(3)7/h4-6,10H,3H2,1-2H3,(H2,9,11);5H,4H2,1-3H3. The Balaban J connectivity index is 0.000000203. The van der Waals surface area contributed by atoms with Crippen LogP contribution in [0, 0.1) is 23.2 Å². The first kappa shape index (κ1) is 16.0. The largest absolute Gasteiger partial charge is 0.466 e. The molecule has 3 atom stereocenters. The van der Waals surface area contributed by atoms with Crippen LogP contribution in [0.3, 0.4) is 0 Å². The lowest BCUT2D eigenvalue weighted by Crippen LogP contribution is -2.41. The molecule has 2 fully saturated rings. The van der Waals surface area contributed by atoms with E-state index in [1.807, 2.05) is 13.8 Å². The average Bonchev–Trinajstić information content (AvgIpc) is 2.66. The summed E-state index contributed by atoms with van der Waals surface area (Å²) in [6.07, 6.45) is 0. The molecule has 0 bridgehead atoms. The van der Waals surface area contributed by atoms with Gasteiger partial charge in [0.25, 0.3) is 0 Å². The van der Waals surface area contributed by atoms with E-state index in [0.29, 0.717) is 29.8 Å². The maximum atomic E-state index is 10.9. The molecule has 1 amide bonds. The van der Waals surface area contributed by atoms with Gasteiger partial charge in [-0.05, 0) is 29.7 Å². The number of carbonyl (C=O) groups excluding carboxylic acids is 2. The lowest BCUT2D eigenvalue weighted by atomic mass is 10.0. The predicted octanol–water partition coefficient (Wildman–Crippen LogP) is 0.921. The maximum Gasteiger partial charge on any atom is 0.302 e. The van der Waals surface area contributed by atoms with Gasteiger partial charge < -0.3 is 15.8 Å². The third-order valence-electron chi connectivity index (χ3n) is 3.98. The second kappa shape index (κ2) is 5.90. The molecule has 2 rings (SSSR count). The van der Waals surface area contributed by atoms with Crippen LogP contribution in [0.2, 0.25) is 0 Å². The molecule has 19 heavy (non-hydrogen) atoms. The lowest BCUT2D eigenvalue weighted by Gasteiger charge is -2.15. The summed E-state index contributed by atoms with van der Waals surface area (Å²) in [6, 6.07) is -0.0602. The zero-order chi connectivity index (χ0) is 14.8. The number of hydrogen-bond acceptors (Lipinski definition) is 4. The van der Waals surface area contributed by atoms with Crippen molar-refractivity contribution in [1.29, 1.82) is 0 Å². The van der Waals surface area contributed by atoms with Gasteiger partial charge in [-0.2, -0.15) is 0 Å². The molecule has 0 aromatic carbocycles. The van der Waals surface area contributed by atoms with Gasteiger partial charge in [0.15, 0.2) is 0 Å². The molecule has 0 spiro atoms. The SMILES string of the molecule is CC(=O)OCC(C)C.CC1(C)C2CNC(C(N)=O)C21. The summed E-state index contributed by atoms with van der Waals surface area (Å²) in [5.41, 5.74) is 5.59. The molecule has 110 valence electrons. The molecular formula is C14H26N2O3. The fourth-order valence-corrected chi connectivity index (χ4v) is 2.78. The van der Waals surface area contributed by atoms with Gasteiger partial charge in [-0.25, -0.2) is 0 Å². The molecule has 5 heteroatoms. The van der Waals surface area contributed by atoms with Crippen molar-refractivity contribution in [3.63, 3.8) is 0 Å². The number of rotatable bonds is 3. The number of carbonyl (C=O) groups is 2. The van der Waals surface area contributed by atoms with E-state index in [0.717, 1.165) is 6.54 Å². The summed E-state index contributed by atoms with van der Waals surface area (Å²) in [7, 11) is 0. The fourth-order valence-electron chi connectivity index (χ4n) is 2.78. The molecule has 0 radical (unpaired) electrons. The number of piperidine rings is 1. The van der Waals surface area contributed by atoms with E-state index < -0.39 is 0 Å². The van der Waals surface area contributed by atoms with Gasteiger partial charge in [0, 0.05) is 6.92 Å². The monoisotopic (exact) mass is 270 g/mol. The van der Waals surface area contributed by atoms with Crippen LogP contribution in [0.5, 0.6) is 0 Å². The van der Waals surface area contributed by atoms with Crippen LogP contribution in [0.4, 0.5) is 0 Å². The minimum Gasteiger partial charge on any atom is -0.466 e. The maximum absolute atomic E-state index is 10.9. The number of fused-ring (bicyclic) bond motifs is 1. The predicted molar refractivity (Wildman–Crippen MR) is 73.2 cm³/mol. The van der Waals surface area contributed by atoms with Crippen LogP contribution in [0.15, 0.2) is 0 Å². The number of amides is 1. The molecule has 0 aromatic heterocycles. The van der Waals surface area contributed by atoms with Crippen molar-refractivity contribution in [1.82, 2.24) is 5.32 Å². The minimum absolute atomic E-state index is 0.0602. The number of esters is 1. The Hall–Kier alpha value is -1.10. The molecule has 1 saturated heterocycles. The van der Waals surface area contributed by atoms with E-state index in [-0.39, 0.29) is 17.9 Å². The van der Waals surface area contributed by atoms with E-state index >= 15 is 0 Å². The molecule has 0 aromatic rings. The van der Waals surface area contributed by atoms with Gasteiger partial charge in [0.05, 0.1) is 12.6 Å². The van der Waals surface area contributed by atoms with Gasteiger partial charge in [-0.1, -0.05) is 27.7 Å². The number of ether oxygens (including phenoxy) is 1. The number of nitrogens with two attached hydrogens (primary N) is 1. The average molecular weight is 270 g/mol. The third-order valence-corrected chi connectivity index (χ3v) is 3.98. The van der Waals surface area contributed by atoms with Gasteiger partial charge in [0.2, 0.25) is 5.91 Å². The summed E-state index contributed by atoms with van der Waals surface area (Å²) in [6.45, 7) is 11.3. The van der Waals surface area contributed by atoms with E-state index in [2.05, 4.69) is 23.9 Å². The number of nitrogens with one attached hydrogen (secondary N) is 1. The van der Waals surface area contributed by atoms with Crippen LogP contribution in [-0.4, -0.2) is 31.1 Å². The Morgan fingerprint density at radius 2 is 2.00 bits per heavy atom. The quantitative estimate of drug-likeness (QED) is 0.747. The summed E-state index contributed by atoms with van der Waals surface area (Å²) in [4.78, 5) is 21.0. The first-order valence-electron chi connectivity index (χ1n) is 6.84. The smallest absolute Gasteiger partial charge is 0.302 e. The third kappa shape index (κ3) is 3.93. The molecule has 1 saturated carbocycles. The molecule has 1 heterocycles. The fraction of sp³-hybridized carbons (Fsp3) is 0.857. The first-order chi connectivity index (χ1) is 8.67. The molecule has 5 nitrogen and oxygen atoms in total. The van der Waals surface area contributed by atoms with Gasteiger partial charge in [0.1, 0.15) is 0 Å². The van der Waals surface area contributed by atoms with Crippen LogP contribution in [0.1, 0.15) is 34.6 Å². The van der Waals surface area contributed by atoms with Crippen molar-refractivity contribution in [2.45, 2.75) is 40.7 Å². The van der Waals surface area contributed by atoms with Crippen LogP contribution in [0.25, 0.3) is 0 Å². The van der Waals surface area contributed by atoms with Gasteiger partial charge in [-0.15, -0.1) is 0 Å². The van der Waals surface area contributed by atoms with Crippen LogP contribution in [-0.2, 0) is 14.3 Å². The zero-order valence-electron chi connectivity index (χ0n) is 12.5. The van der Waals surface area contributed by atoms with Crippen molar-refractivity contribution in [2.24, 2.45) is 28.9 Å². The van der Waals surface area contributed by atoms with Crippen LogP contribution < -0.4 is 11.1 Å². The summed E-state index contributed by atoms with van der Waals surface area (Å²) < 4.78 is 4.66. The van der Waals surface area contributed by atoms with E-state index in [1.165, 1.54) is 6.92 Å². The molecular weight excluding hydrogens is 244 g/mol. The lowest BCUT2D eigenvalue weighted by molar-refractivity contribution is -0.142. The Morgan fingerprint density at radius 1 is 1.42 bits per heavy atom. The summed E-state index contributed by atoms with van der Waals surface area (Å²) in [5, 5.41) is 3.14. The van der Waals surface area contributed by atoms with Crippen molar-refractivity contribution in [2.75, 3.05) is 13.2 Å². The molecule has 1 aliphatic carbocycles. The van der Waals surface area contributed by atoms with Crippen molar-refractivity contribution in [3.8, 4) is 0 Å². The van der Waals surface area contributed by atoms with Gasteiger partial charge in [-0.3, -0.25) is 9.59 Å². The van der Waals surface area contributed by atoms with E-state index in [1.54, 1.807) is 0 Å². The Bertz CT molecular complexity index is 353. The first-order valence-corrected chi connectivity index (χ1v) is 6.84. The topological polar surface area (TPSA) is 81.4 Å². The minimum atomic E-state index is -0.196. The van der Waals surface area contributed by atoms with E-state index in [9.17, 15) is 9.59 Å². The molecule has 3 N–H and O–H groups in total. The van der Waals surface area contributed by atoms with E-state index in [4.69, 9.17) is 5.73 Å². The molecule has 1 aliphatic heterocycles. The number of primary amides is 1. The Kier molecular flexibility index (Phi) is 4.96. The zero-order valence-corrected chi connectivity index (χ0v) is 12.5. The Labute approximate surface area is 115 Å². The normalized spacial score (nSPS) is 30.1. The second-order valence-electron chi connectivity index (χ2n) is 6.44. The second-order valence-corrected chi connectivity index (χ2v) is 6.44. The van der Waals surface area contributed by atoms with Crippen molar-refractivity contribution in [3.05, 3.63) is 0 Å². The highest BCUT2D eigenvalue weighted by Crippen LogP contribution is 2.62. The van der Waals surface area contributed by atoms with Crippen molar-refractivity contribution >= 4 is 11.9 Å². The highest BCUT2D eigenvalue weighted by Gasteiger charge is 2.65. The highest BCUT2D eigenvalue weighted by atomic mass is 16.5.